The lowest BCUT2D eigenvalue weighted by Crippen LogP contribution is -2.02. The van der Waals surface area contributed by atoms with Crippen molar-refractivity contribution >= 4 is 19.0 Å². The Labute approximate surface area is 148 Å². The van der Waals surface area contributed by atoms with Crippen LogP contribution in [0.25, 0.3) is 0 Å². The van der Waals surface area contributed by atoms with Crippen LogP contribution in [0.4, 0.5) is 17.3 Å². The predicted octanol–water partition coefficient (Wildman–Crippen LogP) is 5.67. The van der Waals surface area contributed by atoms with E-state index in [1.54, 1.807) is 7.11 Å². The van der Waals surface area contributed by atoms with E-state index in [1.165, 1.54) is 28.2 Å². The van der Waals surface area contributed by atoms with Gasteiger partial charge in [0.15, 0.2) is 0 Å². The average molecular weight is 374 g/mol. The van der Waals surface area contributed by atoms with Crippen LogP contribution in [0.2, 0.25) is 0 Å². The van der Waals surface area contributed by atoms with Crippen molar-refractivity contribution in [2.24, 2.45) is 0 Å². The van der Waals surface area contributed by atoms with Gasteiger partial charge in [-0.1, -0.05) is 12.1 Å². The highest BCUT2D eigenvalue weighted by Gasteiger charge is 2.28. The van der Waals surface area contributed by atoms with E-state index in [2.05, 4.69) is 24.5 Å². The van der Waals surface area contributed by atoms with E-state index in [-0.39, 0.29) is 0 Å². The predicted molar refractivity (Wildman–Crippen MR) is 92.9 cm³/mol. The van der Waals surface area contributed by atoms with Gasteiger partial charge in [-0.25, -0.2) is 4.42 Å². The van der Waals surface area contributed by atoms with Gasteiger partial charge in [0.2, 0.25) is 0 Å². The molecule has 2 nitrogen and oxygen atoms in total. The van der Waals surface area contributed by atoms with E-state index in [0.717, 1.165) is 30.8 Å². The summed E-state index contributed by atoms with van der Waals surface area (Å²) in [4.78, 5) is 1.38. The fourth-order valence-electron chi connectivity index (χ4n) is 2.72. The summed E-state index contributed by atoms with van der Waals surface area (Å²) in [6.45, 7) is 0. The quantitative estimate of drug-likeness (QED) is 0.298. The molecule has 0 amide bonds. The van der Waals surface area contributed by atoms with E-state index < -0.39 is 7.25 Å². The third-order valence-electron chi connectivity index (χ3n) is 3.77. The smallest absolute Gasteiger partial charge is 0.497 e. The van der Waals surface area contributed by atoms with Crippen molar-refractivity contribution in [1.82, 2.24) is 0 Å². The fraction of sp³-hybridized carbons (Fsp3) is 0.353. The van der Waals surface area contributed by atoms with E-state index in [4.69, 9.17) is 9.15 Å². The molecule has 0 saturated heterocycles. The molecule has 1 aromatic heterocycles. The van der Waals surface area contributed by atoms with Gasteiger partial charge in [-0.2, -0.15) is 0 Å². The van der Waals surface area contributed by atoms with Crippen molar-refractivity contribution in [2.45, 2.75) is 30.6 Å². The summed E-state index contributed by atoms with van der Waals surface area (Å²) >= 11 is 1.82. The number of hydrogen-bond acceptors (Lipinski definition) is 2. The van der Waals surface area contributed by atoms with Crippen LogP contribution < -0.4 is 4.74 Å². The van der Waals surface area contributed by atoms with E-state index >= 15 is 0 Å². The maximum Gasteiger partial charge on any atom is 0.673 e. The first-order chi connectivity index (χ1) is 11.8. The molecule has 1 aliphatic carbocycles. The molecule has 0 radical (unpaired) electrons. The normalized spacial score (nSPS) is 13.0. The molecule has 0 bridgehead atoms. The Morgan fingerprint density at radius 3 is 2.32 bits per heavy atom. The summed E-state index contributed by atoms with van der Waals surface area (Å²) in [6, 6.07) is 10.4. The molecule has 0 unspecified atom stereocenters. The SMILES string of the molecule is COc1ccc(Cc2cc(SC)c3c([o+]2)CCC3)cc1.F[B-](F)(F)F. The Kier molecular flexibility index (Phi) is 6.75. The molecule has 136 valence electrons. The number of halogens is 4. The maximum absolute atomic E-state index is 9.75. The molecule has 0 N–H and O–H groups in total. The van der Waals surface area contributed by atoms with Gasteiger partial charge in [0.25, 0.3) is 0 Å². The molecule has 0 saturated carbocycles. The highest BCUT2D eigenvalue weighted by molar-refractivity contribution is 7.98. The number of benzene rings is 1. The van der Waals surface area contributed by atoms with E-state index in [1.807, 2.05) is 23.9 Å². The van der Waals surface area contributed by atoms with Gasteiger partial charge in [0.05, 0.1) is 31.6 Å². The minimum absolute atomic E-state index is 0.838. The molecule has 1 heterocycles. The van der Waals surface area contributed by atoms with Crippen molar-refractivity contribution in [3.8, 4) is 5.75 Å². The molecule has 1 aliphatic rings. The van der Waals surface area contributed by atoms with Gasteiger partial charge in [-0.05, 0) is 36.8 Å². The number of methoxy groups -OCH3 is 1. The zero-order valence-electron chi connectivity index (χ0n) is 14.0. The minimum Gasteiger partial charge on any atom is -0.497 e. The number of aryl methyl sites for hydroxylation is 1. The Morgan fingerprint density at radius 1 is 1.12 bits per heavy atom. The summed E-state index contributed by atoms with van der Waals surface area (Å²) in [7, 11) is -4.31. The van der Waals surface area contributed by atoms with Gasteiger partial charge < -0.3 is 22.0 Å². The molecule has 25 heavy (non-hydrogen) atoms. The molecule has 0 atom stereocenters. The van der Waals surface area contributed by atoms with E-state index in [9.17, 15) is 17.3 Å². The number of hydrogen-bond donors (Lipinski definition) is 0. The van der Waals surface area contributed by atoms with Crippen LogP contribution >= 0.6 is 11.8 Å². The molecule has 0 aliphatic heterocycles. The van der Waals surface area contributed by atoms with Crippen LogP contribution in [-0.4, -0.2) is 20.6 Å². The molecular weight excluding hydrogens is 355 g/mol. The third-order valence-corrected chi connectivity index (χ3v) is 4.57. The molecule has 0 fully saturated rings. The fourth-order valence-corrected chi connectivity index (χ4v) is 3.44. The average Bonchev–Trinajstić information content (AvgIpc) is 3.01. The first-order valence-electron chi connectivity index (χ1n) is 7.82. The minimum atomic E-state index is -6.00. The number of fused-ring (bicyclic) bond motifs is 1. The van der Waals surface area contributed by atoms with Gasteiger partial charge in [0.1, 0.15) is 5.75 Å². The van der Waals surface area contributed by atoms with Crippen molar-refractivity contribution < 1.29 is 26.4 Å². The lowest BCUT2D eigenvalue weighted by Gasteiger charge is -2.02. The molecule has 0 spiro atoms. The summed E-state index contributed by atoms with van der Waals surface area (Å²) in [6.07, 6.45) is 6.45. The van der Waals surface area contributed by atoms with Gasteiger partial charge in [-0.3, -0.25) is 0 Å². The van der Waals surface area contributed by atoms with E-state index in [0.29, 0.717) is 0 Å². The summed E-state index contributed by atoms with van der Waals surface area (Å²) < 4.78 is 50.3. The van der Waals surface area contributed by atoms with Crippen LogP contribution in [0.15, 0.2) is 39.6 Å². The van der Waals surface area contributed by atoms with Crippen molar-refractivity contribution in [3.05, 3.63) is 53.0 Å². The second-order valence-electron chi connectivity index (χ2n) is 5.56. The zero-order chi connectivity index (χ0) is 18.4. The number of rotatable bonds is 4. The summed E-state index contributed by atoms with van der Waals surface area (Å²) in [5, 5.41) is 0. The van der Waals surface area contributed by atoms with Crippen molar-refractivity contribution in [2.75, 3.05) is 13.4 Å². The first kappa shape index (κ1) is 19.6. The third kappa shape index (κ3) is 6.27. The van der Waals surface area contributed by atoms with Gasteiger partial charge in [0, 0.05) is 4.90 Å². The largest absolute Gasteiger partial charge is 0.673 e. The topological polar surface area (TPSA) is 20.5 Å². The molecule has 8 heteroatoms. The number of thioether (sulfide) groups is 1. The van der Waals surface area contributed by atoms with Crippen molar-refractivity contribution in [3.63, 3.8) is 0 Å². The van der Waals surface area contributed by atoms with Crippen molar-refractivity contribution in [1.29, 1.82) is 0 Å². The zero-order valence-corrected chi connectivity index (χ0v) is 14.8. The van der Waals surface area contributed by atoms with Crippen LogP contribution in [0.1, 0.15) is 29.1 Å². The van der Waals surface area contributed by atoms with Crippen LogP contribution in [-0.2, 0) is 19.3 Å². The van der Waals surface area contributed by atoms with Crippen LogP contribution in [0.3, 0.4) is 0 Å². The highest BCUT2D eigenvalue weighted by atomic mass is 32.2. The van der Waals surface area contributed by atoms with Gasteiger partial charge >= 0.3 is 18.8 Å². The van der Waals surface area contributed by atoms with Crippen LogP contribution in [0, 0.1) is 0 Å². The monoisotopic (exact) mass is 374 g/mol. The number of ether oxygens (including phenoxy) is 1. The molecular formula is C17H19BF4O2S. The first-order valence-corrected chi connectivity index (χ1v) is 9.04. The molecule has 1 aromatic carbocycles. The Balaban J connectivity index is 0.000000399. The summed E-state index contributed by atoms with van der Waals surface area (Å²) in [5.41, 5.74) is 2.68. The summed E-state index contributed by atoms with van der Waals surface area (Å²) in [5.74, 6) is 3.14. The van der Waals surface area contributed by atoms with Gasteiger partial charge in [-0.15, -0.1) is 11.8 Å². The molecule has 3 rings (SSSR count). The maximum atomic E-state index is 9.75. The Morgan fingerprint density at radius 2 is 1.76 bits per heavy atom. The Hall–Kier alpha value is -1.70. The second kappa shape index (κ2) is 8.60. The Bertz CT molecular complexity index is 699. The standard InChI is InChI=1S/C17H19O2S.BF4/c1-18-13-8-6-12(7-9-13)10-14-11-17(20-2)15-4-3-5-16(15)19-14;2-1(3,4)5/h6-9,11H,3-5,10H2,1-2H3;/q+1;-1. The highest BCUT2D eigenvalue weighted by Crippen LogP contribution is 2.33. The van der Waals surface area contributed by atoms with Crippen LogP contribution in [0.5, 0.6) is 5.75 Å². The lowest BCUT2D eigenvalue weighted by atomic mass is 10.1. The second-order valence-corrected chi connectivity index (χ2v) is 6.40. The molecule has 2 aromatic rings. The lowest BCUT2D eigenvalue weighted by molar-refractivity contribution is 0.368.